The fourth-order valence-corrected chi connectivity index (χ4v) is 9.35. The zero-order valence-electron chi connectivity index (χ0n) is 21.3. The van der Waals surface area contributed by atoms with Gasteiger partial charge in [-0.25, -0.2) is 4.98 Å². The third-order valence-corrected chi connectivity index (χ3v) is 11.0. The van der Waals surface area contributed by atoms with Crippen LogP contribution < -0.4 is 4.74 Å². The van der Waals surface area contributed by atoms with Crippen LogP contribution in [-0.4, -0.2) is 34.7 Å². The Bertz CT molecular complexity index is 1000. The van der Waals surface area contributed by atoms with Crippen LogP contribution in [0.4, 0.5) is 0 Å². The maximum absolute atomic E-state index is 12.1. The molecule has 0 aromatic carbocycles. The van der Waals surface area contributed by atoms with Gasteiger partial charge in [-0.15, -0.1) is 0 Å². The largest absolute Gasteiger partial charge is 0.483 e. The van der Waals surface area contributed by atoms with E-state index >= 15 is 0 Å². The predicted octanol–water partition coefficient (Wildman–Crippen LogP) is 6.36. The zero-order valence-corrected chi connectivity index (χ0v) is 22.1. The molecule has 1 heterocycles. The van der Waals surface area contributed by atoms with Crippen molar-refractivity contribution in [3.05, 3.63) is 22.9 Å². The second kappa shape index (κ2) is 9.53. The third-order valence-electron chi connectivity index (χ3n) is 9.99. The number of hydrogen-bond acceptors (Lipinski definition) is 6. The molecule has 7 atom stereocenters. The van der Waals surface area contributed by atoms with Crippen LogP contribution in [-0.2, 0) is 14.3 Å². The van der Waals surface area contributed by atoms with E-state index in [0.29, 0.717) is 29.8 Å². The highest BCUT2D eigenvalue weighted by Crippen LogP contribution is 2.68. The number of carbonyl (C=O) groups is 2. The van der Waals surface area contributed by atoms with Gasteiger partial charge in [0, 0.05) is 12.3 Å². The summed E-state index contributed by atoms with van der Waals surface area (Å²) >= 11 is 1.75. The molecule has 2 unspecified atom stereocenters. The molecule has 3 fully saturated rings. The highest BCUT2D eigenvalue weighted by molar-refractivity contribution is 7.13. The van der Waals surface area contributed by atoms with E-state index in [0.717, 1.165) is 36.7 Å². The zero-order chi connectivity index (χ0) is 24.8. The molecule has 0 saturated heterocycles. The molecular weight excluding hydrogens is 462 g/mol. The molecule has 1 aromatic rings. The Kier molecular flexibility index (Phi) is 6.75. The number of ether oxygens (including phenoxy) is 2. The molecular formula is C28H39NO5S. The first-order valence-electron chi connectivity index (χ1n) is 13.4. The van der Waals surface area contributed by atoms with Crippen molar-refractivity contribution >= 4 is 23.3 Å². The van der Waals surface area contributed by atoms with Crippen molar-refractivity contribution in [2.24, 2.45) is 28.6 Å². The summed E-state index contributed by atoms with van der Waals surface area (Å²) in [5, 5.41) is 11.0. The second-order valence-corrected chi connectivity index (χ2v) is 12.7. The van der Waals surface area contributed by atoms with Gasteiger partial charge in [-0.05, 0) is 80.5 Å². The van der Waals surface area contributed by atoms with E-state index in [1.54, 1.807) is 11.3 Å². The molecule has 0 spiro atoms. The van der Waals surface area contributed by atoms with Crippen LogP contribution in [0, 0.1) is 28.6 Å². The number of carboxylic acid groups (broad SMARTS) is 1. The van der Waals surface area contributed by atoms with Crippen molar-refractivity contribution in [1.82, 2.24) is 4.98 Å². The smallest absolute Gasteiger partial charge is 0.306 e. The summed E-state index contributed by atoms with van der Waals surface area (Å²) in [5.41, 5.74) is 1.97. The summed E-state index contributed by atoms with van der Waals surface area (Å²) < 4.78 is 11.4. The van der Waals surface area contributed by atoms with Gasteiger partial charge in [0.2, 0.25) is 0 Å². The van der Waals surface area contributed by atoms with E-state index in [-0.39, 0.29) is 30.3 Å². The Balaban J connectivity index is 1.29. The number of carbonyl (C=O) groups excluding carboxylic acids is 1. The molecule has 7 heteroatoms. The number of rotatable bonds is 7. The number of aliphatic carboxylic acids is 1. The van der Waals surface area contributed by atoms with Crippen LogP contribution in [0.2, 0.25) is 0 Å². The molecule has 4 aliphatic carbocycles. The first-order chi connectivity index (χ1) is 16.7. The van der Waals surface area contributed by atoms with Crippen LogP contribution in [0.1, 0.15) is 95.9 Å². The normalized spacial score (nSPS) is 38.0. The topological polar surface area (TPSA) is 85.7 Å². The van der Waals surface area contributed by atoms with Gasteiger partial charge < -0.3 is 14.6 Å². The van der Waals surface area contributed by atoms with Gasteiger partial charge >= 0.3 is 11.9 Å². The lowest BCUT2D eigenvalue weighted by atomic mass is 9.47. The van der Waals surface area contributed by atoms with Crippen molar-refractivity contribution in [2.45, 2.75) is 97.0 Å². The second-order valence-electron chi connectivity index (χ2n) is 11.6. The molecule has 0 aliphatic heterocycles. The molecule has 1 N–H and O–H groups in total. The first-order valence-corrected chi connectivity index (χ1v) is 14.3. The molecule has 4 aliphatic rings. The van der Waals surface area contributed by atoms with Crippen LogP contribution >= 0.6 is 11.3 Å². The van der Waals surface area contributed by atoms with Crippen LogP contribution in [0.5, 0.6) is 5.06 Å². The number of aromatic nitrogens is 1. The van der Waals surface area contributed by atoms with Gasteiger partial charge in [-0.1, -0.05) is 36.8 Å². The first kappa shape index (κ1) is 24.8. The summed E-state index contributed by atoms with van der Waals surface area (Å²) in [7, 11) is 0. The maximum Gasteiger partial charge on any atom is 0.306 e. The molecule has 192 valence electrons. The van der Waals surface area contributed by atoms with Gasteiger partial charge in [0.25, 0.3) is 0 Å². The quantitative estimate of drug-likeness (QED) is 0.345. The van der Waals surface area contributed by atoms with E-state index < -0.39 is 5.97 Å². The average Bonchev–Trinajstić information content (AvgIpc) is 3.41. The molecule has 6 nitrogen and oxygen atoms in total. The summed E-state index contributed by atoms with van der Waals surface area (Å²) in [6, 6.07) is 0. The Morgan fingerprint density at radius 2 is 1.97 bits per heavy atom. The fourth-order valence-electron chi connectivity index (χ4n) is 8.23. The van der Waals surface area contributed by atoms with Crippen molar-refractivity contribution in [2.75, 3.05) is 6.61 Å². The lowest BCUT2D eigenvalue weighted by molar-refractivity contribution is -0.154. The number of allylic oxidation sites excluding steroid dienone is 1. The summed E-state index contributed by atoms with van der Waals surface area (Å²) in [6.45, 7) is 7.70. The Labute approximate surface area is 212 Å². The number of nitrogens with zero attached hydrogens (tertiary/aromatic N) is 1. The summed E-state index contributed by atoms with van der Waals surface area (Å²) in [5.74, 6) is 1.34. The molecule has 35 heavy (non-hydrogen) atoms. The van der Waals surface area contributed by atoms with E-state index in [1.807, 2.05) is 13.1 Å². The summed E-state index contributed by atoms with van der Waals surface area (Å²) in [6.07, 6.45) is 13.0. The van der Waals surface area contributed by atoms with Gasteiger partial charge in [0.1, 0.15) is 6.10 Å². The van der Waals surface area contributed by atoms with Crippen LogP contribution in [0.15, 0.2) is 17.8 Å². The molecule has 3 saturated carbocycles. The van der Waals surface area contributed by atoms with Gasteiger partial charge in [0.05, 0.1) is 30.7 Å². The Morgan fingerprint density at radius 1 is 1.14 bits per heavy atom. The number of hydrogen-bond donors (Lipinski definition) is 1. The number of carboxylic acids is 1. The Hall–Kier alpha value is -1.89. The molecule has 0 amide bonds. The minimum absolute atomic E-state index is 0.0422. The van der Waals surface area contributed by atoms with Crippen molar-refractivity contribution in [3.8, 4) is 5.06 Å². The standard InChI is InChI=1S/C28H39NO5S/c1-4-33-25-16-29-26(35-25)22-8-7-20-19-6-5-17-15-18(34-24(32)10-9-23(30)31)11-13-27(17,2)21(19)12-14-28(20,22)3/h5,16,18-22H,4,6-15H2,1-3H3,(H,30,31)/t18?,19-,20-,21-,22?,27-,28-/m0/s1. The lowest BCUT2D eigenvalue weighted by Gasteiger charge is -2.58. The van der Waals surface area contributed by atoms with E-state index in [4.69, 9.17) is 19.6 Å². The highest BCUT2D eigenvalue weighted by atomic mass is 32.1. The number of thiazole rings is 1. The van der Waals surface area contributed by atoms with E-state index in [1.165, 1.54) is 36.3 Å². The monoisotopic (exact) mass is 501 g/mol. The van der Waals surface area contributed by atoms with Gasteiger partial charge in [-0.2, -0.15) is 0 Å². The molecule has 0 bridgehead atoms. The third kappa shape index (κ3) is 4.42. The lowest BCUT2D eigenvalue weighted by Crippen LogP contribution is -2.50. The molecule has 0 radical (unpaired) electrons. The molecule has 1 aromatic heterocycles. The number of fused-ring (bicyclic) bond motifs is 5. The minimum Gasteiger partial charge on any atom is -0.483 e. The van der Waals surface area contributed by atoms with Crippen molar-refractivity contribution < 1.29 is 24.2 Å². The summed E-state index contributed by atoms with van der Waals surface area (Å²) in [4.78, 5) is 27.7. The fraction of sp³-hybridized carbons (Fsp3) is 0.750. The minimum atomic E-state index is -0.956. The number of esters is 1. The van der Waals surface area contributed by atoms with Crippen LogP contribution in [0.25, 0.3) is 0 Å². The maximum atomic E-state index is 12.1. The van der Waals surface area contributed by atoms with Gasteiger partial charge in [-0.3, -0.25) is 9.59 Å². The van der Waals surface area contributed by atoms with E-state index in [9.17, 15) is 9.59 Å². The van der Waals surface area contributed by atoms with Crippen molar-refractivity contribution in [3.63, 3.8) is 0 Å². The average molecular weight is 502 g/mol. The van der Waals surface area contributed by atoms with E-state index in [2.05, 4.69) is 19.9 Å². The highest BCUT2D eigenvalue weighted by Gasteiger charge is 2.59. The van der Waals surface area contributed by atoms with Gasteiger partial charge in [0.15, 0.2) is 5.06 Å². The van der Waals surface area contributed by atoms with Crippen molar-refractivity contribution in [1.29, 1.82) is 0 Å². The Morgan fingerprint density at radius 3 is 2.74 bits per heavy atom. The predicted molar refractivity (Wildman–Crippen MR) is 134 cm³/mol. The van der Waals surface area contributed by atoms with Crippen LogP contribution in [0.3, 0.4) is 0 Å². The SMILES string of the molecule is CCOc1cnc(C2CC[C@H]3[C@@H]4CC=C5CC(OC(=O)CCC(=O)O)CC[C@]5(C)[C@H]4CC[C@]23C)s1. The molecule has 5 rings (SSSR count).